The Morgan fingerprint density at radius 1 is 1.24 bits per heavy atom. The lowest BCUT2D eigenvalue weighted by Crippen LogP contribution is -2.40. The summed E-state index contributed by atoms with van der Waals surface area (Å²) in [5.41, 5.74) is 0. The van der Waals surface area contributed by atoms with Gasteiger partial charge in [-0.05, 0) is 31.8 Å². The number of hydrogen-bond acceptors (Lipinski definition) is 3. The van der Waals surface area contributed by atoms with Crippen LogP contribution in [0.2, 0.25) is 0 Å². The van der Waals surface area contributed by atoms with E-state index in [1.807, 2.05) is 0 Å². The van der Waals surface area contributed by atoms with Crippen molar-refractivity contribution in [2.75, 3.05) is 26.2 Å². The zero-order valence-corrected chi connectivity index (χ0v) is 11.4. The summed E-state index contributed by atoms with van der Waals surface area (Å²) in [6.07, 6.45) is 6.43. The van der Waals surface area contributed by atoms with E-state index in [2.05, 4.69) is 30.1 Å². The van der Waals surface area contributed by atoms with E-state index in [-0.39, 0.29) is 6.04 Å². The van der Waals surface area contributed by atoms with Crippen molar-refractivity contribution in [3.63, 3.8) is 0 Å². The summed E-state index contributed by atoms with van der Waals surface area (Å²) in [5, 5.41) is 12.7. The minimum atomic E-state index is 0.0749. The van der Waals surface area contributed by atoms with Gasteiger partial charge in [-0.25, -0.2) is 0 Å². The summed E-state index contributed by atoms with van der Waals surface area (Å²) in [6.45, 7) is 8.56. The number of nitrogens with zero attached hydrogens (tertiary/aromatic N) is 2. The first-order chi connectivity index (χ1) is 8.31. The highest BCUT2D eigenvalue weighted by atomic mass is 15.1. The molecular formula is C14H27N3. The van der Waals surface area contributed by atoms with Crippen molar-refractivity contribution in [2.45, 2.75) is 52.0 Å². The standard InChI is InChI=1S/C14H27N3/c1-3-17(4-2)11-10-16-14(12-15)13-8-6-5-7-9-13/h13-14,16H,3-11H2,1-2H3. The lowest BCUT2D eigenvalue weighted by Gasteiger charge is -2.27. The fraction of sp³-hybridized carbons (Fsp3) is 0.929. The number of hydrogen-bond donors (Lipinski definition) is 1. The average molecular weight is 237 g/mol. The second kappa shape index (κ2) is 8.49. The van der Waals surface area contributed by atoms with Crippen LogP contribution in [0, 0.1) is 17.2 Å². The molecule has 0 amide bonds. The predicted octanol–water partition coefficient (Wildman–Crippen LogP) is 2.39. The molecule has 1 rings (SSSR count). The van der Waals surface area contributed by atoms with E-state index in [9.17, 15) is 5.26 Å². The molecule has 3 nitrogen and oxygen atoms in total. The largest absolute Gasteiger partial charge is 0.303 e. The zero-order chi connectivity index (χ0) is 12.5. The Hall–Kier alpha value is -0.590. The van der Waals surface area contributed by atoms with Crippen LogP contribution in [-0.2, 0) is 0 Å². The van der Waals surface area contributed by atoms with Gasteiger partial charge in [-0.1, -0.05) is 33.1 Å². The van der Waals surface area contributed by atoms with Crippen LogP contribution in [0.15, 0.2) is 0 Å². The maximum absolute atomic E-state index is 9.23. The van der Waals surface area contributed by atoms with Gasteiger partial charge >= 0.3 is 0 Å². The van der Waals surface area contributed by atoms with Crippen molar-refractivity contribution in [2.24, 2.45) is 5.92 Å². The summed E-state index contributed by atoms with van der Waals surface area (Å²) in [7, 11) is 0. The van der Waals surface area contributed by atoms with Gasteiger partial charge in [0.25, 0.3) is 0 Å². The van der Waals surface area contributed by atoms with Crippen molar-refractivity contribution >= 4 is 0 Å². The molecule has 0 saturated heterocycles. The molecule has 0 aromatic rings. The van der Waals surface area contributed by atoms with Crippen LogP contribution in [0.5, 0.6) is 0 Å². The van der Waals surface area contributed by atoms with Crippen molar-refractivity contribution in [1.29, 1.82) is 5.26 Å². The average Bonchev–Trinajstić information content (AvgIpc) is 2.40. The normalized spacial score (nSPS) is 19.2. The Morgan fingerprint density at radius 3 is 2.41 bits per heavy atom. The van der Waals surface area contributed by atoms with Crippen molar-refractivity contribution in [1.82, 2.24) is 10.2 Å². The SMILES string of the molecule is CCN(CC)CCNC(C#N)C1CCCCC1. The Balaban J connectivity index is 2.24. The Kier molecular flexibility index (Phi) is 7.23. The van der Waals surface area contributed by atoms with Crippen molar-refractivity contribution in [3.8, 4) is 6.07 Å². The van der Waals surface area contributed by atoms with Crippen LogP contribution in [0.1, 0.15) is 46.0 Å². The monoisotopic (exact) mass is 237 g/mol. The van der Waals surface area contributed by atoms with E-state index >= 15 is 0 Å². The molecular weight excluding hydrogens is 210 g/mol. The highest BCUT2D eigenvalue weighted by Gasteiger charge is 2.22. The highest BCUT2D eigenvalue weighted by Crippen LogP contribution is 2.26. The minimum absolute atomic E-state index is 0.0749. The van der Waals surface area contributed by atoms with Gasteiger partial charge in [-0.2, -0.15) is 5.26 Å². The maximum atomic E-state index is 9.23. The number of rotatable bonds is 7. The molecule has 98 valence electrons. The van der Waals surface area contributed by atoms with Crippen LogP contribution in [0.4, 0.5) is 0 Å². The fourth-order valence-corrected chi connectivity index (χ4v) is 2.70. The number of likely N-dealkylation sites (N-methyl/N-ethyl adjacent to an activating group) is 1. The third-order valence-electron chi connectivity index (χ3n) is 3.95. The van der Waals surface area contributed by atoms with Gasteiger partial charge in [0.1, 0.15) is 0 Å². The van der Waals surface area contributed by atoms with Crippen LogP contribution in [0.3, 0.4) is 0 Å². The van der Waals surface area contributed by atoms with E-state index in [1.54, 1.807) is 0 Å². The second-order valence-electron chi connectivity index (χ2n) is 4.99. The van der Waals surface area contributed by atoms with Gasteiger partial charge in [0.15, 0.2) is 0 Å². The molecule has 0 spiro atoms. The molecule has 0 aromatic heterocycles. The molecule has 0 radical (unpaired) electrons. The Bertz CT molecular complexity index is 224. The number of nitrogens with one attached hydrogen (secondary N) is 1. The molecule has 17 heavy (non-hydrogen) atoms. The summed E-state index contributed by atoms with van der Waals surface area (Å²) in [4.78, 5) is 2.39. The maximum Gasteiger partial charge on any atom is 0.0981 e. The van der Waals surface area contributed by atoms with Crippen LogP contribution < -0.4 is 5.32 Å². The highest BCUT2D eigenvalue weighted by molar-refractivity contribution is 4.95. The molecule has 1 saturated carbocycles. The van der Waals surface area contributed by atoms with Crippen molar-refractivity contribution in [3.05, 3.63) is 0 Å². The first kappa shape index (κ1) is 14.5. The molecule has 0 aliphatic heterocycles. The molecule has 0 aromatic carbocycles. The summed E-state index contributed by atoms with van der Waals surface area (Å²) in [5.74, 6) is 0.588. The molecule has 1 aliphatic carbocycles. The molecule has 1 unspecified atom stereocenters. The molecule has 3 heteroatoms. The van der Waals surface area contributed by atoms with E-state index in [0.717, 1.165) is 26.2 Å². The van der Waals surface area contributed by atoms with Gasteiger partial charge < -0.3 is 10.2 Å². The molecule has 0 heterocycles. The van der Waals surface area contributed by atoms with Gasteiger partial charge in [0.05, 0.1) is 12.1 Å². The number of nitriles is 1. The van der Waals surface area contributed by atoms with E-state index < -0.39 is 0 Å². The summed E-state index contributed by atoms with van der Waals surface area (Å²) >= 11 is 0. The van der Waals surface area contributed by atoms with Gasteiger partial charge in [-0.15, -0.1) is 0 Å². The van der Waals surface area contributed by atoms with Crippen LogP contribution >= 0.6 is 0 Å². The lowest BCUT2D eigenvalue weighted by atomic mass is 9.84. The molecule has 1 fully saturated rings. The third kappa shape index (κ3) is 5.06. The van der Waals surface area contributed by atoms with E-state index in [1.165, 1.54) is 32.1 Å². The smallest absolute Gasteiger partial charge is 0.0981 e. The van der Waals surface area contributed by atoms with Crippen LogP contribution in [-0.4, -0.2) is 37.1 Å². The predicted molar refractivity (Wildman–Crippen MR) is 71.8 cm³/mol. The first-order valence-electron chi connectivity index (χ1n) is 7.17. The Morgan fingerprint density at radius 2 is 1.88 bits per heavy atom. The topological polar surface area (TPSA) is 39.1 Å². The summed E-state index contributed by atoms with van der Waals surface area (Å²) < 4.78 is 0. The van der Waals surface area contributed by atoms with Gasteiger partial charge in [0.2, 0.25) is 0 Å². The quantitative estimate of drug-likeness (QED) is 0.739. The van der Waals surface area contributed by atoms with Crippen LogP contribution in [0.25, 0.3) is 0 Å². The fourth-order valence-electron chi connectivity index (χ4n) is 2.70. The molecule has 1 atom stereocenters. The minimum Gasteiger partial charge on any atom is -0.303 e. The molecule has 1 aliphatic rings. The second-order valence-corrected chi connectivity index (χ2v) is 4.99. The van der Waals surface area contributed by atoms with E-state index in [0.29, 0.717) is 5.92 Å². The summed E-state index contributed by atoms with van der Waals surface area (Å²) in [6, 6.07) is 2.53. The first-order valence-corrected chi connectivity index (χ1v) is 7.17. The molecule has 1 N–H and O–H groups in total. The van der Waals surface area contributed by atoms with Gasteiger partial charge in [-0.3, -0.25) is 0 Å². The van der Waals surface area contributed by atoms with Gasteiger partial charge in [0, 0.05) is 13.1 Å². The lowest BCUT2D eigenvalue weighted by molar-refractivity contribution is 0.271. The Labute approximate surface area is 106 Å². The molecule has 0 bridgehead atoms. The van der Waals surface area contributed by atoms with Crippen molar-refractivity contribution < 1.29 is 0 Å². The zero-order valence-electron chi connectivity index (χ0n) is 11.4. The third-order valence-corrected chi connectivity index (χ3v) is 3.95. The van der Waals surface area contributed by atoms with E-state index in [4.69, 9.17) is 0 Å².